The molecule has 70 valence electrons. The van der Waals surface area contributed by atoms with Gasteiger partial charge >= 0.3 is 0 Å². The molecule has 0 radical (unpaired) electrons. The molecular formula is C10H13BrN2. The average Bonchev–Trinajstić information content (AvgIpc) is 2.54. The first-order valence-electron chi connectivity index (χ1n) is 4.42. The Kier molecular flexibility index (Phi) is 2.41. The Labute approximate surface area is 86.9 Å². The van der Waals surface area contributed by atoms with Crippen molar-refractivity contribution in [1.82, 2.24) is 10.6 Å². The van der Waals surface area contributed by atoms with Gasteiger partial charge in [0.1, 0.15) is 0 Å². The first-order chi connectivity index (χ1) is 6.21. The molecule has 2 nitrogen and oxygen atoms in total. The Morgan fingerprint density at radius 2 is 2.31 bits per heavy atom. The van der Waals surface area contributed by atoms with Crippen LogP contribution in [0.15, 0.2) is 28.7 Å². The fourth-order valence-electron chi connectivity index (χ4n) is 1.67. The maximum absolute atomic E-state index is 3.49. The standard InChI is InChI=1S/C10H13BrN2/c1-10(6-12-7-13-10)8-3-2-4-9(11)5-8/h2-5,12-13H,6-7H2,1H3. The average molecular weight is 241 g/mol. The van der Waals surface area contributed by atoms with Crippen LogP contribution in [0.1, 0.15) is 12.5 Å². The second kappa shape index (κ2) is 3.40. The molecule has 1 heterocycles. The van der Waals surface area contributed by atoms with Crippen LogP contribution in [0.3, 0.4) is 0 Å². The van der Waals surface area contributed by atoms with Crippen molar-refractivity contribution in [2.24, 2.45) is 0 Å². The summed E-state index contributed by atoms with van der Waals surface area (Å²) in [5.41, 5.74) is 1.41. The van der Waals surface area contributed by atoms with Crippen molar-refractivity contribution < 1.29 is 0 Å². The van der Waals surface area contributed by atoms with E-state index in [0.717, 1.165) is 17.7 Å². The molecule has 2 rings (SSSR count). The van der Waals surface area contributed by atoms with Gasteiger partial charge in [-0.1, -0.05) is 28.1 Å². The van der Waals surface area contributed by atoms with Gasteiger partial charge in [-0.05, 0) is 24.6 Å². The fraction of sp³-hybridized carbons (Fsp3) is 0.400. The smallest absolute Gasteiger partial charge is 0.0542 e. The summed E-state index contributed by atoms with van der Waals surface area (Å²) in [6, 6.07) is 8.45. The Morgan fingerprint density at radius 1 is 1.46 bits per heavy atom. The molecule has 3 heteroatoms. The molecule has 0 amide bonds. The monoisotopic (exact) mass is 240 g/mol. The minimum absolute atomic E-state index is 0.0871. The topological polar surface area (TPSA) is 24.1 Å². The maximum atomic E-state index is 3.49. The molecule has 0 saturated carbocycles. The first-order valence-corrected chi connectivity index (χ1v) is 5.22. The fourth-order valence-corrected chi connectivity index (χ4v) is 2.07. The molecule has 2 N–H and O–H groups in total. The molecule has 1 unspecified atom stereocenters. The van der Waals surface area contributed by atoms with E-state index in [0.29, 0.717) is 0 Å². The van der Waals surface area contributed by atoms with Gasteiger partial charge in [0.25, 0.3) is 0 Å². The van der Waals surface area contributed by atoms with Gasteiger partial charge in [0.05, 0.1) is 5.54 Å². The lowest BCUT2D eigenvalue weighted by Crippen LogP contribution is -2.35. The van der Waals surface area contributed by atoms with Crippen molar-refractivity contribution in [3.63, 3.8) is 0 Å². The lowest BCUT2D eigenvalue weighted by Gasteiger charge is -2.24. The minimum atomic E-state index is 0.0871. The predicted octanol–water partition coefficient (Wildman–Crippen LogP) is 1.81. The van der Waals surface area contributed by atoms with E-state index < -0.39 is 0 Å². The summed E-state index contributed by atoms with van der Waals surface area (Å²) in [5.74, 6) is 0. The summed E-state index contributed by atoms with van der Waals surface area (Å²) in [6.07, 6.45) is 0. The summed E-state index contributed by atoms with van der Waals surface area (Å²) >= 11 is 3.49. The second-order valence-electron chi connectivity index (χ2n) is 3.62. The molecule has 1 aliphatic rings. The zero-order chi connectivity index (χ0) is 9.31. The van der Waals surface area contributed by atoms with Gasteiger partial charge in [-0.2, -0.15) is 0 Å². The molecule has 0 bridgehead atoms. The van der Waals surface area contributed by atoms with Crippen LogP contribution in [-0.4, -0.2) is 13.2 Å². The van der Waals surface area contributed by atoms with E-state index in [1.54, 1.807) is 0 Å². The largest absolute Gasteiger partial charge is 0.302 e. The molecule has 1 fully saturated rings. The third kappa shape index (κ3) is 1.77. The highest BCUT2D eigenvalue weighted by Gasteiger charge is 2.29. The van der Waals surface area contributed by atoms with Gasteiger partial charge < -0.3 is 5.32 Å². The number of rotatable bonds is 1. The molecule has 1 aromatic rings. The molecule has 13 heavy (non-hydrogen) atoms. The van der Waals surface area contributed by atoms with Crippen molar-refractivity contribution >= 4 is 15.9 Å². The van der Waals surface area contributed by atoms with Gasteiger partial charge in [0.2, 0.25) is 0 Å². The number of benzene rings is 1. The van der Waals surface area contributed by atoms with Gasteiger partial charge in [-0.15, -0.1) is 0 Å². The third-order valence-electron chi connectivity index (χ3n) is 2.54. The lowest BCUT2D eigenvalue weighted by atomic mass is 9.93. The predicted molar refractivity (Wildman–Crippen MR) is 57.5 cm³/mol. The van der Waals surface area contributed by atoms with Crippen molar-refractivity contribution in [2.75, 3.05) is 13.2 Å². The zero-order valence-electron chi connectivity index (χ0n) is 7.60. The Hall–Kier alpha value is -0.380. The van der Waals surface area contributed by atoms with Gasteiger partial charge in [0.15, 0.2) is 0 Å². The Balaban J connectivity index is 2.33. The van der Waals surface area contributed by atoms with Crippen LogP contribution in [0, 0.1) is 0 Å². The van der Waals surface area contributed by atoms with Crippen LogP contribution < -0.4 is 10.6 Å². The highest BCUT2D eigenvalue weighted by molar-refractivity contribution is 9.10. The zero-order valence-corrected chi connectivity index (χ0v) is 9.19. The molecule has 0 aliphatic carbocycles. The number of hydrogen-bond acceptors (Lipinski definition) is 2. The van der Waals surface area contributed by atoms with Crippen LogP contribution in [0.25, 0.3) is 0 Å². The van der Waals surface area contributed by atoms with Crippen molar-refractivity contribution in [3.8, 4) is 0 Å². The van der Waals surface area contributed by atoms with Gasteiger partial charge in [-0.25, -0.2) is 0 Å². The quantitative estimate of drug-likeness (QED) is 0.783. The number of hydrogen-bond donors (Lipinski definition) is 2. The van der Waals surface area contributed by atoms with E-state index in [1.165, 1.54) is 5.56 Å². The summed E-state index contributed by atoms with van der Waals surface area (Å²) < 4.78 is 1.14. The SMILES string of the molecule is CC1(c2cccc(Br)c2)CNCN1. The van der Waals surface area contributed by atoms with E-state index in [1.807, 2.05) is 0 Å². The minimum Gasteiger partial charge on any atom is -0.302 e. The highest BCUT2D eigenvalue weighted by Crippen LogP contribution is 2.24. The molecular weight excluding hydrogens is 228 g/mol. The number of nitrogens with one attached hydrogen (secondary N) is 2. The highest BCUT2D eigenvalue weighted by atomic mass is 79.9. The summed E-state index contributed by atoms with van der Waals surface area (Å²) in [6.45, 7) is 4.10. The van der Waals surface area contributed by atoms with Gasteiger partial charge in [0, 0.05) is 17.7 Å². The summed E-state index contributed by atoms with van der Waals surface area (Å²) in [5, 5.41) is 6.75. The molecule has 1 atom stereocenters. The normalized spacial score (nSPS) is 27.8. The molecule has 1 aromatic carbocycles. The van der Waals surface area contributed by atoms with E-state index in [9.17, 15) is 0 Å². The molecule has 1 saturated heterocycles. The third-order valence-corrected chi connectivity index (χ3v) is 3.04. The van der Waals surface area contributed by atoms with Crippen LogP contribution in [-0.2, 0) is 5.54 Å². The molecule has 0 spiro atoms. The van der Waals surface area contributed by atoms with E-state index in [-0.39, 0.29) is 5.54 Å². The van der Waals surface area contributed by atoms with Crippen LogP contribution in [0.2, 0.25) is 0 Å². The van der Waals surface area contributed by atoms with E-state index in [2.05, 4.69) is 57.8 Å². The Bertz CT molecular complexity index is 306. The van der Waals surface area contributed by atoms with Crippen LogP contribution >= 0.6 is 15.9 Å². The second-order valence-corrected chi connectivity index (χ2v) is 4.54. The van der Waals surface area contributed by atoms with E-state index in [4.69, 9.17) is 0 Å². The van der Waals surface area contributed by atoms with Crippen molar-refractivity contribution in [1.29, 1.82) is 0 Å². The van der Waals surface area contributed by atoms with Crippen LogP contribution in [0.4, 0.5) is 0 Å². The van der Waals surface area contributed by atoms with E-state index >= 15 is 0 Å². The first kappa shape index (κ1) is 9.19. The molecule has 1 aliphatic heterocycles. The lowest BCUT2D eigenvalue weighted by molar-refractivity contribution is 0.461. The number of halogens is 1. The summed E-state index contributed by atoms with van der Waals surface area (Å²) in [4.78, 5) is 0. The maximum Gasteiger partial charge on any atom is 0.0542 e. The Morgan fingerprint density at radius 3 is 2.92 bits per heavy atom. The summed E-state index contributed by atoms with van der Waals surface area (Å²) in [7, 11) is 0. The van der Waals surface area contributed by atoms with Crippen molar-refractivity contribution in [2.45, 2.75) is 12.5 Å². The van der Waals surface area contributed by atoms with Gasteiger partial charge in [-0.3, -0.25) is 5.32 Å². The molecule has 0 aromatic heterocycles. The van der Waals surface area contributed by atoms with Crippen LogP contribution in [0.5, 0.6) is 0 Å². The van der Waals surface area contributed by atoms with Crippen molar-refractivity contribution in [3.05, 3.63) is 34.3 Å².